The summed E-state index contributed by atoms with van der Waals surface area (Å²) in [6.45, 7) is 1.80. The Hall–Kier alpha value is -1.30. The van der Waals surface area contributed by atoms with Gasteiger partial charge in [-0.05, 0) is 19.3 Å². The van der Waals surface area contributed by atoms with Crippen LogP contribution in [0.3, 0.4) is 0 Å². The van der Waals surface area contributed by atoms with Crippen molar-refractivity contribution in [3.05, 3.63) is 0 Å². The van der Waals surface area contributed by atoms with Crippen LogP contribution in [-0.2, 0) is 9.53 Å². The molecular weight excluding hydrogens is 224 g/mol. The highest BCUT2D eigenvalue weighted by molar-refractivity contribution is 5.73. The Bertz CT molecular complexity index is 234. The highest BCUT2D eigenvalue weighted by Gasteiger charge is 2.06. The number of urea groups is 1. The number of unbranched alkanes of at least 4 members (excludes halogenated alkanes) is 1. The highest BCUT2D eigenvalue weighted by atomic mass is 16.5. The van der Waals surface area contributed by atoms with Gasteiger partial charge in [0.2, 0.25) is 0 Å². The average molecular weight is 246 g/mol. The summed E-state index contributed by atoms with van der Waals surface area (Å²) in [7, 11) is 3.35. The van der Waals surface area contributed by atoms with Gasteiger partial charge in [-0.15, -0.1) is 0 Å². The van der Waals surface area contributed by atoms with Gasteiger partial charge >= 0.3 is 12.0 Å². The van der Waals surface area contributed by atoms with Gasteiger partial charge in [0.25, 0.3) is 0 Å². The van der Waals surface area contributed by atoms with Crippen LogP contribution in [0.2, 0.25) is 0 Å². The molecule has 2 N–H and O–H groups in total. The van der Waals surface area contributed by atoms with Crippen molar-refractivity contribution in [3.8, 4) is 0 Å². The Morgan fingerprint density at radius 1 is 1.29 bits per heavy atom. The summed E-state index contributed by atoms with van der Waals surface area (Å²) in [6.07, 6.45) is 2.23. The predicted octanol–water partition coefficient (Wildman–Crippen LogP) is 0.919. The number of rotatable bonds is 9. The second-order valence-electron chi connectivity index (χ2n) is 3.85. The van der Waals surface area contributed by atoms with Gasteiger partial charge in [-0.25, -0.2) is 4.79 Å². The van der Waals surface area contributed by atoms with Crippen LogP contribution in [0.1, 0.15) is 25.7 Å². The van der Waals surface area contributed by atoms with Crippen LogP contribution in [0, 0.1) is 0 Å². The van der Waals surface area contributed by atoms with E-state index in [0.29, 0.717) is 32.5 Å². The minimum atomic E-state index is -0.798. The first-order valence-electron chi connectivity index (χ1n) is 5.77. The SMILES string of the molecule is COCCCN(C)C(=O)NCCCCC(=O)O. The monoisotopic (exact) mass is 246 g/mol. The standard InChI is InChI=1S/C11H22N2O4/c1-13(8-5-9-17-2)11(16)12-7-4-3-6-10(14)15/h3-9H2,1-2H3,(H,12,16)(H,14,15). The molecule has 100 valence electrons. The maximum atomic E-state index is 11.5. The fourth-order valence-electron chi connectivity index (χ4n) is 1.28. The first-order valence-corrected chi connectivity index (χ1v) is 5.77. The van der Waals surface area contributed by atoms with E-state index in [2.05, 4.69) is 5.32 Å². The average Bonchev–Trinajstić information content (AvgIpc) is 2.28. The summed E-state index contributed by atoms with van der Waals surface area (Å²) < 4.78 is 4.89. The first-order chi connectivity index (χ1) is 8.07. The molecule has 0 radical (unpaired) electrons. The number of nitrogens with one attached hydrogen (secondary N) is 1. The fraction of sp³-hybridized carbons (Fsp3) is 0.818. The van der Waals surface area contributed by atoms with E-state index < -0.39 is 5.97 Å². The zero-order valence-electron chi connectivity index (χ0n) is 10.6. The van der Waals surface area contributed by atoms with Crippen LogP contribution in [0.4, 0.5) is 4.79 Å². The number of methoxy groups -OCH3 is 1. The number of carbonyl (C=O) groups is 2. The molecule has 0 saturated heterocycles. The number of carboxylic acids is 1. The molecule has 0 bridgehead atoms. The zero-order chi connectivity index (χ0) is 13.1. The lowest BCUT2D eigenvalue weighted by Crippen LogP contribution is -2.38. The maximum absolute atomic E-state index is 11.5. The van der Waals surface area contributed by atoms with Crippen molar-refractivity contribution < 1.29 is 19.4 Å². The fourth-order valence-corrected chi connectivity index (χ4v) is 1.28. The molecule has 6 heteroatoms. The lowest BCUT2D eigenvalue weighted by Gasteiger charge is -2.17. The van der Waals surface area contributed by atoms with Gasteiger partial charge in [-0.2, -0.15) is 0 Å². The molecular formula is C11H22N2O4. The third-order valence-corrected chi connectivity index (χ3v) is 2.28. The van der Waals surface area contributed by atoms with E-state index in [9.17, 15) is 9.59 Å². The number of hydrogen-bond donors (Lipinski definition) is 2. The van der Waals surface area contributed by atoms with Crippen molar-refractivity contribution in [1.82, 2.24) is 10.2 Å². The first kappa shape index (κ1) is 15.7. The van der Waals surface area contributed by atoms with Gasteiger partial charge in [0.05, 0.1) is 0 Å². The third kappa shape index (κ3) is 9.62. The molecule has 0 aromatic rings. The quantitative estimate of drug-likeness (QED) is 0.593. The van der Waals surface area contributed by atoms with Crippen molar-refractivity contribution in [2.24, 2.45) is 0 Å². The predicted molar refractivity (Wildman–Crippen MR) is 64.0 cm³/mol. The van der Waals surface area contributed by atoms with E-state index in [0.717, 1.165) is 6.42 Å². The van der Waals surface area contributed by atoms with Gasteiger partial charge in [0, 0.05) is 40.3 Å². The van der Waals surface area contributed by atoms with Crippen molar-refractivity contribution in [2.75, 3.05) is 33.9 Å². The third-order valence-electron chi connectivity index (χ3n) is 2.28. The van der Waals surface area contributed by atoms with Crippen molar-refractivity contribution in [3.63, 3.8) is 0 Å². The van der Waals surface area contributed by atoms with E-state index in [4.69, 9.17) is 9.84 Å². The summed E-state index contributed by atoms with van der Waals surface area (Å²) in [5, 5.41) is 11.2. The highest BCUT2D eigenvalue weighted by Crippen LogP contribution is 1.94. The minimum Gasteiger partial charge on any atom is -0.481 e. The molecule has 0 aliphatic rings. The van der Waals surface area contributed by atoms with Crippen LogP contribution in [0.25, 0.3) is 0 Å². The number of amides is 2. The van der Waals surface area contributed by atoms with Crippen molar-refractivity contribution >= 4 is 12.0 Å². The number of ether oxygens (including phenoxy) is 1. The molecule has 0 unspecified atom stereocenters. The Balaban J connectivity index is 3.47. The Kier molecular flexibility index (Phi) is 9.14. The molecule has 0 aliphatic heterocycles. The van der Waals surface area contributed by atoms with Crippen LogP contribution in [0.5, 0.6) is 0 Å². The number of hydrogen-bond acceptors (Lipinski definition) is 3. The Morgan fingerprint density at radius 3 is 2.59 bits per heavy atom. The molecule has 0 saturated carbocycles. The number of nitrogens with zero attached hydrogens (tertiary/aromatic N) is 1. The summed E-state index contributed by atoms with van der Waals surface area (Å²) in [6, 6.07) is -0.128. The molecule has 0 spiro atoms. The smallest absolute Gasteiger partial charge is 0.317 e. The summed E-state index contributed by atoms with van der Waals surface area (Å²) in [4.78, 5) is 23.3. The second kappa shape index (κ2) is 9.89. The lowest BCUT2D eigenvalue weighted by molar-refractivity contribution is -0.137. The normalized spacial score (nSPS) is 10.0. The van der Waals surface area contributed by atoms with Crippen LogP contribution >= 0.6 is 0 Å². The van der Waals surface area contributed by atoms with Gasteiger partial charge in [0.1, 0.15) is 0 Å². The van der Waals surface area contributed by atoms with Crippen molar-refractivity contribution in [1.29, 1.82) is 0 Å². The lowest BCUT2D eigenvalue weighted by atomic mass is 10.2. The zero-order valence-corrected chi connectivity index (χ0v) is 10.6. The Morgan fingerprint density at radius 2 is 2.00 bits per heavy atom. The van der Waals surface area contributed by atoms with Gasteiger partial charge in [-0.3, -0.25) is 4.79 Å². The topological polar surface area (TPSA) is 78.9 Å². The molecule has 0 aromatic carbocycles. The van der Waals surface area contributed by atoms with Gasteiger partial charge < -0.3 is 20.1 Å². The largest absolute Gasteiger partial charge is 0.481 e. The molecule has 6 nitrogen and oxygen atoms in total. The molecule has 0 aliphatic carbocycles. The maximum Gasteiger partial charge on any atom is 0.317 e. The minimum absolute atomic E-state index is 0.128. The summed E-state index contributed by atoms with van der Waals surface area (Å²) in [5.41, 5.74) is 0. The summed E-state index contributed by atoms with van der Waals surface area (Å²) >= 11 is 0. The van der Waals surface area contributed by atoms with Crippen LogP contribution in [-0.4, -0.2) is 55.9 Å². The van der Waals surface area contributed by atoms with Gasteiger partial charge in [0.15, 0.2) is 0 Å². The van der Waals surface area contributed by atoms with Crippen molar-refractivity contribution in [2.45, 2.75) is 25.7 Å². The molecule has 2 amide bonds. The van der Waals surface area contributed by atoms with E-state index >= 15 is 0 Å². The summed E-state index contributed by atoms with van der Waals surface area (Å²) in [5.74, 6) is -0.798. The molecule has 0 heterocycles. The second-order valence-corrected chi connectivity index (χ2v) is 3.85. The molecule has 0 atom stereocenters. The van der Waals surface area contributed by atoms with E-state index in [1.165, 1.54) is 0 Å². The molecule has 0 fully saturated rings. The van der Waals surface area contributed by atoms with Gasteiger partial charge in [-0.1, -0.05) is 0 Å². The number of carbonyl (C=O) groups excluding carboxylic acids is 1. The van der Waals surface area contributed by atoms with Crippen LogP contribution in [0.15, 0.2) is 0 Å². The molecule has 17 heavy (non-hydrogen) atoms. The Labute approximate surface area is 102 Å². The van der Waals surface area contributed by atoms with E-state index in [1.807, 2.05) is 0 Å². The van der Waals surface area contributed by atoms with Crippen LogP contribution < -0.4 is 5.32 Å². The van der Waals surface area contributed by atoms with E-state index in [-0.39, 0.29) is 12.5 Å². The number of carboxylic acid groups (broad SMARTS) is 1. The molecule has 0 aromatic heterocycles. The van der Waals surface area contributed by atoms with E-state index in [1.54, 1.807) is 19.1 Å². The number of aliphatic carboxylic acids is 1. The molecule has 0 rings (SSSR count).